The lowest BCUT2D eigenvalue weighted by Crippen LogP contribution is -2.47. The molecule has 4 rings (SSSR count). The van der Waals surface area contributed by atoms with Gasteiger partial charge >= 0.3 is 0 Å². The van der Waals surface area contributed by atoms with Crippen molar-refractivity contribution in [1.29, 1.82) is 0 Å². The normalized spacial score (nSPS) is 18.9. The first-order valence-corrected chi connectivity index (χ1v) is 11.3. The lowest BCUT2D eigenvalue weighted by atomic mass is 9.90. The molecule has 0 aliphatic carbocycles. The second-order valence-electron chi connectivity index (χ2n) is 9.46. The molecule has 0 saturated carbocycles. The average Bonchev–Trinajstić information content (AvgIpc) is 2.80. The largest absolute Gasteiger partial charge is 0.388 e. The van der Waals surface area contributed by atoms with Gasteiger partial charge in [-0.1, -0.05) is 38.4 Å². The minimum Gasteiger partial charge on any atom is -0.388 e. The molecule has 0 spiro atoms. The topological polar surface area (TPSA) is 66.3 Å². The van der Waals surface area contributed by atoms with E-state index in [9.17, 15) is 14.3 Å². The van der Waals surface area contributed by atoms with Gasteiger partial charge in [0.2, 0.25) is 0 Å². The van der Waals surface area contributed by atoms with Crippen LogP contribution in [0.3, 0.4) is 0 Å². The predicted molar refractivity (Wildman–Crippen MR) is 128 cm³/mol. The molecule has 1 amide bonds. The molecule has 172 valence electrons. The molecule has 1 aliphatic heterocycles. The quantitative estimate of drug-likeness (QED) is 0.567. The number of carbonyl (C=O) groups is 1. The van der Waals surface area contributed by atoms with Crippen LogP contribution in [0, 0.1) is 0 Å². The van der Waals surface area contributed by atoms with E-state index in [1.165, 1.54) is 4.90 Å². The lowest BCUT2D eigenvalue weighted by molar-refractivity contribution is 0.00580. The third kappa shape index (κ3) is 5.07. The van der Waals surface area contributed by atoms with Gasteiger partial charge in [0.15, 0.2) is 0 Å². The summed E-state index contributed by atoms with van der Waals surface area (Å²) >= 11 is 6.56. The van der Waals surface area contributed by atoms with Crippen molar-refractivity contribution in [1.82, 2.24) is 14.9 Å². The van der Waals surface area contributed by atoms with Crippen LogP contribution in [-0.2, 0) is 5.41 Å². The van der Waals surface area contributed by atoms with Crippen molar-refractivity contribution >= 4 is 17.5 Å². The molecule has 0 bridgehead atoms. The molecule has 5 nitrogen and oxygen atoms in total. The van der Waals surface area contributed by atoms with E-state index >= 15 is 0 Å². The van der Waals surface area contributed by atoms with E-state index < -0.39 is 12.3 Å². The summed E-state index contributed by atoms with van der Waals surface area (Å²) in [6.45, 7) is 6.61. The Morgan fingerprint density at radius 3 is 2.58 bits per heavy atom. The number of hydrogen-bond donors (Lipinski definition) is 1. The SMILES string of the molecule is CC(C)(C)c1cc(-c2cncc(-c3ccc(C(=O)N4CC[C@H](F)[C@@H](O)C4)cc3Cl)c2)ccn1. The van der Waals surface area contributed by atoms with Gasteiger partial charge in [-0.2, -0.15) is 0 Å². The Kier molecular flexibility index (Phi) is 6.50. The standard InChI is InChI=1S/C26H27ClFN3O2/c1-26(2,3)24-12-16(6-8-30-24)18-10-19(14-29-13-18)20-5-4-17(11-21(20)27)25(33)31-9-7-22(28)23(32)15-31/h4-6,8,10-14,22-23,32H,7,9,15H2,1-3H3/t22-,23-/m0/s1. The molecule has 7 heteroatoms. The minimum absolute atomic E-state index is 0.0200. The van der Waals surface area contributed by atoms with Crippen LogP contribution < -0.4 is 0 Å². The monoisotopic (exact) mass is 467 g/mol. The highest BCUT2D eigenvalue weighted by Gasteiger charge is 2.30. The van der Waals surface area contributed by atoms with Crippen LogP contribution in [0.1, 0.15) is 43.2 Å². The minimum atomic E-state index is -1.29. The molecule has 1 saturated heterocycles. The zero-order valence-electron chi connectivity index (χ0n) is 18.9. The summed E-state index contributed by atoms with van der Waals surface area (Å²) in [4.78, 5) is 23.2. The van der Waals surface area contributed by atoms with Gasteiger partial charge < -0.3 is 10.0 Å². The predicted octanol–water partition coefficient (Wildman–Crippen LogP) is 5.31. The number of carbonyl (C=O) groups excluding carboxylic acids is 1. The van der Waals surface area contributed by atoms with Crippen LogP contribution in [0.2, 0.25) is 5.02 Å². The van der Waals surface area contributed by atoms with E-state index in [2.05, 4.69) is 36.8 Å². The van der Waals surface area contributed by atoms with Crippen molar-refractivity contribution in [2.75, 3.05) is 13.1 Å². The van der Waals surface area contributed by atoms with Crippen molar-refractivity contribution in [3.63, 3.8) is 0 Å². The van der Waals surface area contributed by atoms with Gasteiger partial charge in [0.25, 0.3) is 5.91 Å². The third-order valence-electron chi connectivity index (χ3n) is 5.91. The van der Waals surface area contributed by atoms with Gasteiger partial charge in [0, 0.05) is 70.1 Å². The second-order valence-corrected chi connectivity index (χ2v) is 9.87. The number of aromatic nitrogens is 2. The number of halogens is 2. The van der Waals surface area contributed by atoms with E-state index in [4.69, 9.17) is 11.6 Å². The number of aliphatic hydroxyl groups excluding tert-OH is 1. The first-order valence-electron chi connectivity index (χ1n) is 11.0. The second kappa shape index (κ2) is 9.20. The number of nitrogens with zero attached hydrogens (tertiary/aromatic N) is 3. The summed E-state index contributed by atoms with van der Waals surface area (Å²) in [5, 5.41) is 10.2. The number of rotatable bonds is 3. The molecule has 33 heavy (non-hydrogen) atoms. The number of aliphatic hydroxyl groups is 1. The molecule has 1 aliphatic rings. The number of β-amino-alcohol motifs (C(OH)–C–C–N with tert-alkyl or cyclic N) is 1. The summed E-state index contributed by atoms with van der Waals surface area (Å²) in [7, 11) is 0. The zero-order valence-corrected chi connectivity index (χ0v) is 19.7. The molecule has 1 fully saturated rings. The lowest BCUT2D eigenvalue weighted by Gasteiger charge is -2.32. The fourth-order valence-corrected chi connectivity index (χ4v) is 4.21. The van der Waals surface area contributed by atoms with Gasteiger partial charge in [-0.15, -0.1) is 0 Å². The first kappa shape index (κ1) is 23.3. The van der Waals surface area contributed by atoms with Gasteiger partial charge in [-0.3, -0.25) is 14.8 Å². The van der Waals surface area contributed by atoms with E-state index in [-0.39, 0.29) is 30.8 Å². The van der Waals surface area contributed by atoms with Crippen molar-refractivity contribution in [2.45, 2.75) is 44.9 Å². The molecule has 0 radical (unpaired) electrons. The summed E-state index contributed by atoms with van der Waals surface area (Å²) in [6, 6.07) is 11.1. The van der Waals surface area contributed by atoms with E-state index in [1.807, 2.05) is 12.1 Å². The molecular weight excluding hydrogens is 441 g/mol. The maximum atomic E-state index is 13.5. The number of hydrogen-bond acceptors (Lipinski definition) is 4. The number of benzene rings is 1. The molecule has 0 unspecified atom stereocenters. The summed E-state index contributed by atoms with van der Waals surface area (Å²) in [5.41, 5.74) is 4.88. The Bertz CT molecular complexity index is 1180. The Labute approximate surface area is 198 Å². The Morgan fingerprint density at radius 1 is 1.12 bits per heavy atom. The maximum absolute atomic E-state index is 13.5. The Morgan fingerprint density at radius 2 is 1.88 bits per heavy atom. The van der Waals surface area contributed by atoms with Crippen LogP contribution in [-0.4, -0.2) is 51.2 Å². The van der Waals surface area contributed by atoms with E-state index in [1.54, 1.807) is 36.8 Å². The fourth-order valence-electron chi connectivity index (χ4n) is 3.92. The fraction of sp³-hybridized carbons (Fsp3) is 0.346. The van der Waals surface area contributed by atoms with Crippen LogP contribution in [0.4, 0.5) is 4.39 Å². The third-order valence-corrected chi connectivity index (χ3v) is 6.23. The number of piperidine rings is 1. The van der Waals surface area contributed by atoms with E-state index in [0.717, 1.165) is 27.9 Å². The van der Waals surface area contributed by atoms with Gasteiger partial charge in [0.1, 0.15) is 12.3 Å². The van der Waals surface area contributed by atoms with Gasteiger partial charge in [-0.05, 0) is 42.3 Å². The molecule has 2 atom stereocenters. The molecule has 1 aromatic carbocycles. The zero-order chi connectivity index (χ0) is 23.8. The van der Waals surface area contributed by atoms with Crippen LogP contribution in [0.5, 0.6) is 0 Å². The molecule has 2 aromatic heterocycles. The summed E-state index contributed by atoms with van der Waals surface area (Å²) in [6.07, 6.45) is 3.02. The maximum Gasteiger partial charge on any atom is 0.253 e. The van der Waals surface area contributed by atoms with Gasteiger partial charge in [0.05, 0.1) is 0 Å². The van der Waals surface area contributed by atoms with Crippen molar-refractivity contribution in [2.24, 2.45) is 0 Å². The van der Waals surface area contributed by atoms with Crippen molar-refractivity contribution in [3.05, 3.63) is 71.3 Å². The Balaban J connectivity index is 1.60. The Hall–Kier alpha value is -2.83. The molecule has 1 N–H and O–H groups in total. The molecule has 3 heterocycles. The highest BCUT2D eigenvalue weighted by Crippen LogP contribution is 2.32. The van der Waals surface area contributed by atoms with Crippen molar-refractivity contribution in [3.8, 4) is 22.3 Å². The van der Waals surface area contributed by atoms with Crippen LogP contribution in [0.25, 0.3) is 22.3 Å². The smallest absolute Gasteiger partial charge is 0.253 e. The molecule has 3 aromatic rings. The van der Waals surface area contributed by atoms with E-state index in [0.29, 0.717) is 10.6 Å². The highest BCUT2D eigenvalue weighted by molar-refractivity contribution is 6.33. The number of likely N-dealkylation sites (tertiary alicyclic amines) is 1. The number of alkyl halides is 1. The highest BCUT2D eigenvalue weighted by atomic mass is 35.5. The number of pyridine rings is 2. The summed E-state index contributed by atoms with van der Waals surface area (Å²) in [5.74, 6) is -0.271. The molecular formula is C26H27ClFN3O2. The number of amides is 1. The van der Waals surface area contributed by atoms with Crippen LogP contribution >= 0.6 is 11.6 Å². The first-order chi connectivity index (χ1) is 15.6. The van der Waals surface area contributed by atoms with Crippen LogP contribution in [0.15, 0.2) is 55.0 Å². The van der Waals surface area contributed by atoms with Crippen molar-refractivity contribution < 1.29 is 14.3 Å². The summed E-state index contributed by atoms with van der Waals surface area (Å²) < 4.78 is 13.5. The van der Waals surface area contributed by atoms with Gasteiger partial charge in [-0.25, -0.2) is 4.39 Å². The average molecular weight is 468 g/mol.